The molecule has 0 saturated carbocycles. The van der Waals surface area contributed by atoms with Crippen molar-refractivity contribution in [3.8, 4) is 45.3 Å². The highest BCUT2D eigenvalue weighted by atomic mass is 15.1. The Morgan fingerprint density at radius 1 is 0.340 bits per heavy atom. The van der Waals surface area contributed by atoms with E-state index in [0.717, 1.165) is 50.4 Å². The Balaban J connectivity index is 1.35. The fourth-order valence-electron chi connectivity index (χ4n) is 7.48. The number of aromatic nitrogens is 4. The Labute approximate surface area is 289 Å². The average Bonchev–Trinajstić information content (AvgIpc) is 3.72. The molecule has 0 unspecified atom stereocenters. The third kappa shape index (κ3) is 4.46. The van der Waals surface area contributed by atoms with Crippen LogP contribution in [0.1, 0.15) is 0 Å². The average molecular weight is 639 g/mol. The summed E-state index contributed by atoms with van der Waals surface area (Å²) in [4.78, 5) is 10.4. The minimum Gasteiger partial charge on any atom is -0.307 e. The molecule has 0 N–H and O–H groups in total. The second-order valence-electron chi connectivity index (χ2n) is 12.6. The van der Waals surface area contributed by atoms with E-state index in [1.54, 1.807) is 0 Å². The number of nitrogens with zero attached hydrogens (tertiary/aromatic N) is 4. The predicted octanol–water partition coefficient (Wildman–Crippen LogP) is 11.7. The molecule has 0 fully saturated rings. The summed E-state index contributed by atoms with van der Waals surface area (Å²) in [6.45, 7) is 0. The van der Waals surface area contributed by atoms with Crippen molar-refractivity contribution >= 4 is 43.6 Å². The highest BCUT2D eigenvalue weighted by Crippen LogP contribution is 2.42. The van der Waals surface area contributed by atoms with E-state index in [9.17, 15) is 0 Å². The molecular weight excluding hydrogens is 609 g/mol. The van der Waals surface area contributed by atoms with Gasteiger partial charge in [-0.3, -0.25) is 4.57 Å². The molecule has 0 spiro atoms. The molecule has 50 heavy (non-hydrogen) atoms. The first kappa shape index (κ1) is 28.3. The quantitative estimate of drug-likeness (QED) is 0.188. The van der Waals surface area contributed by atoms with Crippen molar-refractivity contribution < 1.29 is 0 Å². The van der Waals surface area contributed by atoms with Gasteiger partial charge in [-0.05, 0) is 35.4 Å². The van der Waals surface area contributed by atoms with Crippen LogP contribution in [0, 0.1) is 0 Å². The number of fused-ring (bicyclic) bond motifs is 7. The fourth-order valence-corrected chi connectivity index (χ4v) is 7.48. The minimum absolute atomic E-state index is 0.691. The molecular formula is C46H30N4. The van der Waals surface area contributed by atoms with Crippen molar-refractivity contribution in [1.82, 2.24) is 19.1 Å². The monoisotopic (exact) mass is 638 g/mol. The van der Waals surface area contributed by atoms with Crippen LogP contribution in [0.2, 0.25) is 0 Å². The van der Waals surface area contributed by atoms with Gasteiger partial charge in [0.1, 0.15) is 5.82 Å². The summed E-state index contributed by atoms with van der Waals surface area (Å²) in [6.07, 6.45) is 0. The van der Waals surface area contributed by atoms with Gasteiger partial charge in [-0.1, -0.05) is 152 Å². The lowest BCUT2D eigenvalue weighted by Gasteiger charge is -2.14. The van der Waals surface area contributed by atoms with E-state index < -0.39 is 0 Å². The van der Waals surface area contributed by atoms with E-state index in [0.29, 0.717) is 5.82 Å². The normalized spacial score (nSPS) is 11.6. The summed E-state index contributed by atoms with van der Waals surface area (Å²) in [7, 11) is 0. The van der Waals surface area contributed by atoms with Crippen molar-refractivity contribution in [3.63, 3.8) is 0 Å². The minimum atomic E-state index is 0.691. The molecule has 0 amide bonds. The van der Waals surface area contributed by atoms with Crippen LogP contribution in [-0.2, 0) is 0 Å². The van der Waals surface area contributed by atoms with Gasteiger partial charge in [-0.15, -0.1) is 0 Å². The van der Waals surface area contributed by atoms with Crippen LogP contribution in [0.25, 0.3) is 88.9 Å². The topological polar surface area (TPSA) is 35.6 Å². The Hall–Kier alpha value is -6.78. The smallest absolute Gasteiger partial charge is 0.162 e. The van der Waals surface area contributed by atoms with E-state index in [2.05, 4.69) is 167 Å². The molecule has 0 atom stereocenters. The van der Waals surface area contributed by atoms with Crippen molar-refractivity contribution in [1.29, 1.82) is 0 Å². The summed E-state index contributed by atoms with van der Waals surface area (Å²) in [6, 6.07) is 64.2. The van der Waals surface area contributed by atoms with E-state index in [1.807, 2.05) is 24.3 Å². The van der Waals surface area contributed by atoms with Crippen LogP contribution < -0.4 is 0 Å². The summed E-state index contributed by atoms with van der Waals surface area (Å²) in [5.74, 6) is 1.52. The SMILES string of the molecule is c1ccc(-c2cccc(-n3c4ccccc4c4ccc5c6ccccc6n(-c6cc(-c7ccccc7)nc(-c7ccccc7)n6)c5c43)c2)cc1. The first-order valence-electron chi connectivity index (χ1n) is 16.9. The largest absolute Gasteiger partial charge is 0.307 e. The fraction of sp³-hybridized carbons (Fsp3) is 0. The number of hydrogen-bond donors (Lipinski definition) is 0. The Bertz CT molecular complexity index is 2790. The van der Waals surface area contributed by atoms with Crippen LogP contribution >= 0.6 is 0 Å². The van der Waals surface area contributed by atoms with Gasteiger partial charge in [-0.2, -0.15) is 0 Å². The van der Waals surface area contributed by atoms with Crippen molar-refractivity contribution in [3.05, 3.63) is 182 Å². The molecule has 10 rings (SSSR count). The van der Waals surface area contributed by atoms with Gasteiger partial charge >= 0.3 is 0 Å². The van der Waals surface area contributed by atoms with Crippen molar-refractivity contribution in [2.24, 2.45) is 0 Å². The van der Waals surface area contributed by atoms with Crippen LogP contribution in [-0.4, -0.2) is 19.1 Å². The lowest BCUT2D eigenvalue weighted by molar-refractivity contribution is 1.05. The predicted molar refractivity (Wildman–Crippen MR) is 207 cm³/mol. The molecule has 3 aromatic heterocycles. The highest BCUT2D eigenvalue weighted by Gasteiger charge is 2.22. The second kappa shape index (κ2) is 11.4. The first-order chi connectivity index (χ1) is 24.8. The number of hydrogen-bond acceptors (Lipinski definition) is 2. The van der Waals surface area contributed by atoms with E-state index >= 15 is 0 Å². The molecule has 0 radical (unpaired) electrons. The molecule has 234 valence electrons. The molecule has 4 heteroatoms. The summed E-state index contributed by atoms with van der Waals surface area (Å²) < 4.78 is 4.79. The maximum atomic E-state index is 5.33. The zero-order valence-corrected chi connectivity index (χ0v) is 27.1. The van der Waals surface area contributed by atoms with Crippen LogP contribution in [0.4, 0.5) is 0 Å². The number of rotatable bonds is 5. The van der Waals surface area contributed by atoms with Gasteiger partial charge in [0.15, 0.2) is 5.82 Å². The van der Waals surface area contributed by atoms with E-state index in [4.69, 9.17) is 9.97 Å². The Morgan fingerprint density at radius 2 is 0.860 bits per heavy atom. The van der Waals surface area contributed by atoms with Gasteiger partial charge in [0.25, 0.3) is 0 Å². The van der Waals surface area contributed by atoms with Crippen LogP contribution in [0.5, 0.6) is 0 Å². The maximum absolute atomic E-state index is 5.33. The zero-order valence-electron chi connectivity index (χ0n) is 27.1. The summed E-state index contributed by atoms with van der Waals surface area (Å²) in [5, 5.41) is 4.77. The van der Waals surface area contributed by atoms with Gasteiger partial charge in [0.05, 0.1) is 27.8 Å². The first-order valence-corrected chi connectivity index (χ1v) is 16.9. The molecule has 7 aromatic carbocycles. The Kier molecular flexibility index (Phi) is 6.46. The van der Waals surface area contributed by atoms with Crippen LogP contribution in [0.3, 0.4) is 0 Å². The van der Waals surface area contributed by atoms with Gasteiger partial charge in [-0.25, -0.2) is 9.97 Å². The van der Waals surface area contributed by atoms with Crippen molar-refractivity contribution in [2.75, 3.05) is 0 Å². The molecule has 3 heterocycles. The molecule has 4 nitrogen and oxygen atoms in total. The third-order valence-corrected chi connectivity index (χ3v) is 9.72. The second-order valence-corrected chi connectivity index (χ2v) is 12.6. The highest BCUT2D eigenvalue weighted by molar-refractivity contribution is 6.23. The standard InChI is InChI=1S/C46H30N4/c1-4-15-31(16-5-1)34-21-14-22-35(29-34)49-41-25-12-10-23-36(41)38-27-28-39-37-24-11-13-26-42(37)50(45(39)44(38)49)43-30-40(32-17-6-2-7-18-32)47-46(48-43)33-19-8-3-9-20-33/h1-30H. The molecule has 0 bridgehead atoms. The third-order valence-electron chi connectivity index (χ3n) is 9.72. The molecule has 0 saturated heterocycles. The lowest BCUT2D eigenvalue weighted by Crippen LogP contribution is -2.04. The molecule has 0 aliphatic heterocycles. The zero-order chi connectivity index (χ0) is 33.0. The van der Waals surface area contributed by atoms with Gasteiger partial charge < -0.3 is 4.57 Å². The summed E-state index contributed by atoms with van der Waals surface area (Å²) >= 11 is 0. The lowest BCUT2D eigenvalue weighted by atomic mass is 10.1. The molecule has 0 aliphatic rings. The number of para-hydroxylation sites is 2. The van der Waals surface area contributed by atoms with Crippen LogP contribution in [0.15, 0.2) is 182 Å². The maximum Gasteiger partial charge on any atom is 0.162 e. The van der Waals surface area contributed by atoms with Gasteiger partial charge in [0, 0.05) is 44.4 Å². The van der Waals surface area contributed by atoms with E-state index in [1.165, 1.54) is 32.7 Å². The van der Waals surface area contributed by atoms with E-state index in [-0.39, 0.29) is 0 Å². The molecule has 0 aliphatic carbocycles. The summed E-state index contributed by atoms with van der Waals surface area (Å²) in [5.41, 5.74) is 10.9. The Morgan fingerprint density at radius 3 is 1.52 bits per heavy atom. The van der Waals surface area contributed by atoms with Gasteiger partial charge in [0.2, 0.25) is 0 Å². The number of benzene rings is 7. The molecule has 10 aromatic rings. The van der Waals surface area contributed by atoms with Crippen molar-refractivity contribution in [2.45, 2.75) is 0 Å².